The first-order chi connectivity index (χ1) is 12.0. The quantitative estimate of drug-likeness (QED) is 0.802. The minimum absolute atomic E-state index is 0.200. The van der Waals surface area contributed by atoms with E-state index in [0.717, 1.165) is 44.1 Å². The fourth-order valence-electron chi connectivity index (χ4n) is 3.20. The Bertz CT molecular complexity index is 666. The Morgan fingerprint density at radius 1 is 1.12 bits per heavy atom. The molecule has 0 aliphatic carbocycles. The van der Waals surface area contributed by atoms with Gasteiger partial charge < -0.3 is 9.30 Å². The Hall–Kier alpha value is -1.99. The number of aryl methyl sites for hydroxylation is 1. The van der Waals surface area contributed by atoms with E-state index in [4.69, 9.17) is 0 Å². The zero-order valence-electron chi connectivity index (χ0n) is 14.6. The molecule has 1 aliphatic heterocycles. The average molecular weight is 350 g/mol. The maximum Gasteiger partial charge on any atom is 0.387 e. The van der Waals surface area contributed by atoms with Gasteiger partial charge in [-0.05, 0) is 24.6 Å². The molecule has 0 N–H and O–H groups in total. The normalized spacial score (nSPS) is 17.8. The molecule has 7 heteroatoms. The van der Waals surface area contributed by atoms with E-state index in [1.807, 2.05) is 31.6 Å². The molecule has 136 valence electrons. The van der Waals surface area contributed by atoms with Gasteiger partial charge in [0.05, 0.1) is 6.54 Å². The number of benzene rings is 1. The van der Waals surface area contributed by atoms with Gasteiger partial charge in [-0.25, -0.2) is 4.98 Å². The number of hydrogen-bond acceptors (Lipinski definition) is 4. The van der Waals surface area contributed by atoms with Crippen molar-refractivity contribution in [1.29, 1.82) is 0 Å². The van der Waals surface area contributed by atoms with Crippen LogP contribution < -0.4 is 4.74 Å². The molecule has 0 saturated carbocycles. The number of ether oxygens (including phenoxy) is 1. The minimum atomic E-state index is -2.78. The Morgan fingerprint density at radius 2 is 1.80 bits per heavy atom. The number of aromatic nitrogens is 2. The van der Waals surface area contributed by atoms with Crippen molar-refractivity contribution >= 4 is 0 Å². The molecule has 1 aromatic carbocycles. The van der Waals surface area contributed by atoms with Crippen molar-refractivity contribution in [2.24, 2.45) is 7.05 Å². The molecule has 0 radical (unpaired) electrons. The maximum atomic E-state index is 12.2. The van der Waals surface area contributed by atoms with Gasteiger partial charge in [0.1, 0.15) is 11.6 Å². The zero-order chi connectivity index (χ0) is 17.8. The van der Waals surface area contributed by atoms with Crippen LogP contribution in [0.2, 0.25) is 0 Å². The van der Waals surface area contributed by atoms with Crippen molar-refractivity contribution in [3.05, 3.63) is 48.0 Å². The fraction of sp³-hybridized carbons (Fsp3) is 0.500. The summed E-state index contributed by atoms with van der Waals surface area (Å²) in [6.45, 7) is 4.16. The summed E-state index contributed by atoms with van der Waals surface area (Å²) in [5.41, 5.74) is 1.11. The van der Waals surface area contributed by atoms with Crippen LogP contribution in [0.5, 0.6) is 5.75 Å². The Balaban J connectivity index is 1.52. The molecule has 2 heterocycles. The standard InChI is InChI=1S/C18H24F2N4O/c1-14(15-3-5-16(6-4-15)25-18(19)20)24-11-9-23(10-12-24)13-17-21-7-8-22(17)2/h3-8,14,18H,9-13H2,1-2H3. The molecule has 1 aromatic heterocycles. The number of imidazole rings is 1. The molecule has 0 bridgehead atoms. The molecule has 3 rings (SSSR count). The van der Waals surface area contributed by atoms with Crippen LogP contribution in [0.25, 0.3) is 0 Å². The van der Waals surface area contributed by atoms with Crippen LogP contribution in [0.1, 0.15) is 24.4 Å². The smallest absolute Gasteiger partial charge is 0.387 e. The van der Waals surface area contributed by atoms with Gasteiger partial charge in [-0.15, -0.1) is 0 Å². The number of piperazine rings is 1. The van der Waals surface area contributed by atoms with E-state index in [9.17, 15) is 8.78 Å². The maximum absolute atomic E-state index is 12.2. The van der Waals surface area contributed by atoms with Crippen LogP contribution in [0.4, 0.5) is 8.78 Å². The monoisotopic (exact) mass is 350 g/mol. The third kappa shape index (κ3) is 4.55. The third-order valence-corrected chi connectivity index (χ3v) is 4.83. The van der Waals surface area contributed by atoms with E-state index in [-0.39, 0.29) is 11.8 Å². The van der Waals surface area contributed by atoms with Crippen molar-refractivity contribution in [3.63, 3.8) is 0 Å². The van der Waals surface area contributed by atoms with Gasteiger partial charge in [0, 0.05) is 51.7 Å². The van der Waals surface area contributed by atoms with Crippen molar-refractivity contribution in [1.82, 2.24) is 19.4 Å². The van der Waals surface area contributed by atoms with Crippen LogP contribution >= 0.6 is 0 Å². The van der Waals surface area contributed by atoms with Crippen molar-refractivity contribution < 1.29 is 13.5 Å². The van der Waals surface area contributed by atoms with Crippen molar-refractivity contribution in [2.45, 2.75) is 26.1 Å². The first-order valence-corrected chi connectivity index (χ1v) is 8.50. The first kappa shape index (κ1) is 17.8. The molecule has 0 amide bonds. The lowest BCUT2D eigenvalue weighted by Crippen LogP contribution is -2.46. The number of nitrogens with zero attached hydrogens (tertiary/aromatic N) is 4. The van der Waals surface area contributed by atoms with E-state index < -0.39 is 6.61 Å². The summed E-state index contributed by atoms with van der Waals surface area (Å²) in [7, 11) is 2.02. The Kier molecular flexibility index (Phi) is 5.65. The summed E-state index contributed by atoms with van der Waals surface area (Å²) >= 11 is 0. The van der Waals surface area contributed by atoms with Crippen LogP contribution in [0.15, 0.2) is 36.7 Å². The molecule has 25 heavy (non-hydrogen) atoms. The van der Waals surface area contributed by atoms with Crippen LogP contribution in [0.3, 0.4) is 0 Å². The van der Waals surface area contributed by atoms with Crippen LogP contribution in [-0.2, 0) is 13.6 Å². The second-order valence-corrected chi connectivity index (χ2v) is 6.39. The first-order valence-electron chi connectivity index (χ1n) is 8.50. The predicted octanol–water partition coefficient (Wildman–Crippen LogP) is 2.90. The lowest BCUT2D eigenvalue weighted by Gasteiger charge is -2.38. The second-order valence-electron chi connectivity index (χ2n) is 6.39. The lowest BCUT2D eigenvalue weighted by molar-refractivity contribution is -0.0498. The SMILES string of the molecule is CC(c1ccc(OC(F)F)cc1)N1CCN(Cc2nccn2C)CC1. The van der Waals surface area contributed by atoms with Gasteiger partial charge in [0.25, 0.3) is 0 Å². The van der Waals surface area contributed by atoms with E-state index >= 15 is 0 Å². The van der Waals surface area contributed by atoms with Crippen LogP contribution in [-0.4, -0.2) is 52.1 Å². The molecule has 1 atom stereocenters. The van der Waals surface area contributed by atoms with E-state index in [1.54, 1.807) is 12.1 Å². The van der Waals surface area contributed by atoms with Gasteiger partial charge >= 0.3 is 6.61 Å². The number of alkyl halides is 2. The lowest BCUT2D eigenvalue weighted by atomic mass is 10.1. The van der Waals surface area contributed by atoms with E-state index in [1.165, 1.54) is 0 Å². The fourth-order valence-corrected chi connectivity index (χ4v) is 3.20. The highest BCUT2D eigenvalue weighted by Crippen LogP contribution is 2.24. The van der Waals surface area contributed by atoms with Gasteiger partial charge in [-0.2, -0.15) is 8.78 Å². The van der Waals surface area contributed by atoms with Gasteiger partial charge in [-0.1, -0.05) is 12.1 Å². The van der Waals surface area contributed by atoms with Crippen molar-refractivity contribution in [2.75, 3.05) is 26.2 Å². The molecule has 5 nitrogen and oxygen atoms in total. The largest absolute Gasteiger partial charge is 0.435 e. The molecule has 1 saturated heterocycles. The number of rotatable bonds is 6. The topological polar surface area (TPSA) is 33.5 Å². The minimum Gasteiger partial charge on any atom is -0.435 e. The highest BCUT2D eigenvalue weighted by atomic mass is 19.3. The zero-order valence-corrected chi connectivity index (χ0v) is 14.6. The summed E-state index contributed by atoms with van der Waals surface area (Å²) in [4.78, 5) is 9.21. The van der Waals surface area contributed by atoms with E-state index in [0.29, 0.717) is 0 Å². The molecule has 2 aromatic rings. The summed E-state index contributed by atoms with van der Waals surface area (Å²) < 4.78 is 30.9. The summed E-state index contributed by atoms with van der Waals surface area (Å²) in [5.74, 6) is 1.28. The second kappa shape index (κ2) is 7.93. The highest BCUT2D eigenvalue weighted by molar-refractivity contribution is 5.29. The van der Waals surface area contributed by atoms with Gasteiger partial charge in [-0.3, -0.25) is 9.80 Å². The molecule has 1 fully saturated rings. The van der Waals surface area contributed by atoms with E-state index in [2.05, 4.69) is 31.0 Å². The van der Waals surface area contributed by atoms with Crippen LogP contribution in [0, 0.1) is 0 Å². The molecular weight excluding hydrogens is 326 g/mol. The Labute approximate surface area is 146 Å². The summed E-state index contributed by atoms with van der Waals surface area (Å²) in [6, 6.07) is 7.19. The average Bonchev–Trinajstić information content (AvgIpc) is 3.00. The summed E-state index contributed by atoms with van der Waals surface area (Å²) in [5, 5.41) is 0. The van der Waals surface area contributed by atoms with Crippen molar-refractivity contribution in [3.8, 4) is 5.75 Å². The van der Waals surface area contributed by atoms with Gasteiger partial charge in [0.2, 0.25) is 0 Å². The molecular formula is C18H24F2N4O. The highest BCUT2D eigenvalue weighted by Gasteiger charge is 2.22. The molecule has 1 aliphatic rings. The summed E-state index contributed by atoms with van der Waals surface area (Å²) in [6.07, 6.45) is 3.80. The number of halogens is 2. The molecule has 0 spiro atoms. The molecule has 1 unspecified atom stereocenters. The van der Waals surface area contributed by atoms with Gasteiger partial charge in [0.15, 0.2) is 0 Å². The Morgan fingerprint density at radius 3 is 2.36 bits per heavy atom. The number of hydrogen-bond donors (Lipinski definition) is 0. The third-order valence-electron chi connectivity index (χ3n) is 4.83. The predicted molar refractivity (Wildman–Crippen MR) is 91.5 cm³/mol.